The number of amides is 2. The van der Waals surface area contributed by atoms with Gasteiger partial charge < -0.3 is 30.0 Å². The van der Waals surface area contributed by atoms with Gasteiger partial charge in [-0.15, -0.1) is 0 Å². The molecule has 2 aromatic rings. The van der Waals surface area contributed by atoms with Crippen LogP contribution in [0.4, 0.5) is 4.39 Å². The molecule has 2 amide bonds. The number of aliphatic hydroxyl groups is 2. The highest BCUT2D eigenvalue weighted by molar-refractivity contribution is 14.1. The average molecular weight is 638 g/mol. The molecule has 10 heteroatoms. The van der Waals surface area contributed by atoms with Crippen molar-refractivity contribution in [3.05, 3.63) is 75.1 Å². The molecule has 0 radical (unpaired) electrons. The number of ketones is 1. The maximum atomic E-state index is 13.5. The summed E-state index contributed by atoms with van der Waals surface area (Å²) >= 11 is 2.11. The second-order valence-corrected chi connectivity index (χ2v) is 10.3. The number of carbonyl (C=O) groups excluding carboxylic acids is 3. The van der Waals surface area contributed by atoms with Crippen LogP contribution in [0.5, 0.6) is 5.75 Å². The molecule has 2 aromatic carbocycles. The quantitative estimate of drug-likeness (QED) is 0.308. The van der Waals surface area contributed by atoms with Crippen LogP contribution in [0.15, 0.2) is 60.2 Å². The van der Waals surface area contributed by atoms with Crippen molar-refractivity contribution in [1.82, 2.24) is 10.2 Å². The minimum atomic E-state index is -1.18. The van der Waals surface area contributed by atoms with Crippen LogP contribution in [0.25, 0.3) is 0 Å². The van der Waals surface area contributed by atoms with Crippen molar-refractivity contribution < 1.29 is 33.7 Å². The molecule has 0 saturated carbocycles. The smallest absolute Gasteiger partial charge is 0.247 e. The van der Waals surface area contributed by atoms with E-state index in [2.05, 4.69) is 27.9 Å². The van der Waals surface area contributed by atoms with Gasteiger partial charge in [-0.2, -0.15) is 0 Å². The normalized spacial score (nSPS) is 18.9. The number of Topliss-reactive ketones (excluding diaryl/α,β-unsaturated/α-hetero) is 1. The number of ether oxygens (including phenoxy) is 1. The number of halogens is 2. The number of aliphatic hydroxyl groups excluding tert-OH is 2. The molecular weight excluding hydrogens is 606 g/mol. The molecule has 1 aliphatic carbocycles. The summed E-state index contributed by atoms with van der Waals surface area (Å²) in [5.41, 5.74) is 0.958. The van der Waals surface area contributed by atoms with Gasteiger partial charge in [0.1, 0.15) is 29.6 Å². The standard InChI is InChI=1S/C28H32FIN2O6/c1-18(34)5-4-8-26(35)32(17-19-9-11-21(29)12-10-19)23-15-20(28(37)31-13-14-33)16-25(27(23)36)38-24-7-3-2-6-22(24)30/h2-3,6-7,9-12,16,23,25,27,33,36H,4-5,8,13-15,17H2,1H3,(H,31,37)/t23-,25+,27+/m1/s1. The number of nitrogens with one attached hydrogen (secondary N) is 1. The van der Waals surface area contributed by atoms with Crippen molar-refractivity contribution >= 4 is 40.2 Å². The van der Waals surface area contributed by atoms with Gasteiger partial charge in [0.15, 0.2) is 0 Å². The highest BCUT2D eigenvalue weighted by Crippen LogP contribution is 2.31. The first-order chi connectivity index (χ1) is 18.2. The Hall–Kier alpha value is -2.83. The van der Waals surface area contributed by atoms with Crippen molar-refractivity contribution in [3.63, 3.8) is 0 Å². The molecule has 3 rings (SSSR count). The Bertz CT molecular complexity index is 1160. The molecule has 1 aliphatic rings. The number of benzene rings is 2. The van der Waals surface area contributed by atoms with E-state index >= 15 is 0 Å². The third-order valence-electron chi connectivity index (χ3n) is 6.22. The fraction of sp³-hybridized carbons (Fsp3) is 0.393. The lowest BCUT2D eigenvalue weighted by molar-refractivity contribution is -0.139. The van der Waals surface area contributed by atoms with E-state index in [-0.39, 0.29) is 50.6 Å². The molecule has 204 valence electrons. The topological polar surface area (TPSA) is 116 Å². The van der Waals surface area contributed by atoms with Crippen LogP contribution >= 0.6 is 22.6 Å². The maximum absolute atomic E-state index is 13.5. The number of carbonyl (C=O) groups is 3. The molecule has 0 heterocycles. The molecule has 3 N–H and O–H groups in total. The lowest BCUT2D eigenvalue weighted by Crippen LogP contribution is -2.54. The monoisotopic (exact) mass is 638 g/mol. The summed E-state index contributed by atoms with van der Waals surface area (Å²) in [4.78, 5) is 39.3. The van der Waals surface area contributed by atoms with Crippen LogP contribution in [-0.4, -0.2) is 64.1 Å². The summed E-state index contributed by atoms with van der Waals surface area (Å²) < 4.78 is 20.5. The highest BCUT2D eigenvalue weighted by atomic mass is 127. The molecule has 0 saturated heterocycles. The number of para-hydroxylation sites is 1. The van der Waals surface area contributed by atoms with E-state index in [1.807, 2.05) is 12.1 Å². The first kappa shape index (κ1) is 29.7. The van der Waals surface area contributed by atoms with Gasteiger partial charge in [-0.25, -0.2) is 4.39 Å². The minimum Gasteiger partial charge on any atom is -0.482 e. The molecule has 0 bridgehead atoms. The minimum absolute atomic E-state index is 0.0303. The zero-order valence-corrected chi connectivity index (χ0v) is 23.3. The van der Waals surface area contributed by atoms with E-state index < -0.39 is 30.0 Å². The fourth-order valence-corrected chi connectivity index (χ4v) is 4.79. The SMILES string of the molecule is CC(=O)CCCC(=O)N(Cc1ccc(F)cc1)[C@@H]1CC(C(=O)NCCO)=C[C@H](Oc2ccccc2I)[C@H]1O. The van der Waals surface area contributed by atoms with Gasteiger partial charge in [-0.3, -0.25) is 9.59 Å². The van der Waals surface area contributed by atoms with Gasteiger partial charge in [-0.1, -0.05) is 24.3 Å². The van der Waals surface area contributed by atoms with Gasteiger partial charge in [0, 0.05) is 37.9 Å². The van der Waals surface area contributed by atoms with E-state index in [0.717, 1.165) is 3.57 Å². The number of hydrogen-bond acceptors (Lipinski definition) is 6. The van der Waals surface area contributed by atoms with Crippen molar-refractivity contribution in [1.29, 1.82) is 0 Å². The fourth-order valence-electron chi connectivity index (χ4n) is 4.28. The van der Waals surface area contributed by atoms with Crippen LogP contribution in [0.3, 0.4) is 0 Å². The molecule has 38 heavy (non-hydrogen) atoms. The van der Waals surface area contributed by atoms with Gasteiger partial charge in [0.25, 0.3) is 0 Å². The maximum Gasteiger partial charge on any atom is 0.247 e. The van der Waals surface area contributed by atoms with Crippen LogP contribution < -0.4 is 10.1 Å². The van der Waals surface area contributed by atoms with Crippen LogP contribution in [-0.2, 0) is 20.9 Å². The molecule has 0 aliphatic heterocycles. The van der Waals surface area contributed by atoms with Crippen molar-refractivity contribution in [2.24, 2.45) is 0 Å². The van der Waals surface area contributed by atoms with E-state index in [9.17, 15) is 23.9 Å². The molecule has 3 atom stereocenters. The summed E-state index contributed by atoms with van der Waals surface area (Å²) in [6.07, 6.45) is 0.131. The zero-order chi connectivity index (χ0) is 27.7. The number of hydrogen-bond donors (Lipinski definition) is 3. The summed E-state index contributed by atoms with van der Waals surface area (Å²) in [5, 5.41) is 23.2. The van der Waals surface area contributed by atoms with E-state index in [1.165, 1.54) is 24.0 Å². The van der Waals surface area contributed by atoms with Gasteiger partial charge in [-0.05, 0) is 71.8 Å². The Labute approximate surface area is 235 Å². The molecular formula is C28H32FIN2O6. The third kappa shape index (κ3) is 8.34. The molecule has 0 spiro atoms. The molecule has 0 unspecified atom stereocenters. The molecule has 8 nitrogen and oxygen atoms in total. The first-order valence-electron chi connectivity index (χ1n) is 12.4. The van der Waals surface area contributed by atoms with Gasteiger partial charge in [0.05, 0.1) is 16.2 Å². The molecule has 0 aromatic heterocycles. The Morgan fingerprint density at radius 2 is 1.84 bits per heavy atom. The summed E-state index contributed by atoms with van der Waals surface area (Å²) in [5.74, 6) is -0.662. The second-order valence-electron chi connectivity index (χ2n) is 9.15. The van der Waals surface area contributed by atoms with E-state index in [4.69, 9.17) is 9.84 Å². The van der Waals surface area contributed by atoms with Crippen LogP contribution in [0.2, 0.25) is 0 Å². The number of rotatable bonds is 12. The Balaban J connectivity index is 1.95. The average Bonchev–Trinajstić information content (AvgIpc) is 2.89. The van der Waals surface area contributed by atoms with Crippen molar-refractivity contribution in [3.8, 4) is 5.75 Å². The van der Waals surface area contributed by atoms with Crippen molar-refractivity contribution in [2.45, 2.75) is 57.4 Å². The largest absolute Gasteiger partial charge is 0.482 e. The van der Waals surface area contributed by atoms with Crippen molar-refractivity contribution in [2.75, 3.05) is 13.2 Å². The zero-order valence-electron chi connectivity index (χ0n) is 21.1. The van der Waals surface area contributed by atoms with E-state index in [1.54, 1.807) is 30.3 Å². The van der Waals surface area contributed by atoms with Crippen LogP contribution in [0.1, 0.15) is 38.2 Å². The summed E-state index contributed by atoms with van der Waals surface area (Å²) in [6.45, 7) is 1.34. The van der Waals surface area contributed by atoms with Gasteiger partial charge >= 0.3 is 0 Å². The van der Waals surface area contributed by atoms with E-state index in [0.29, 0.717) is 23.3 Å². The predicted octanol–water partition coefficient (Wildman–Crippen LogP) is 3.13. The van der Waals surface area contributed by atoms with Gasteiger partial charge in [0.2, 0.25) is 11.8 Å². The third-order valence-corrected chi connectivity index (χ3v) is 7.11. The first-order valence-corrected chi connectivity index (χ1v) is 13.5. The lowest BCUT2D eigenvalue weighted by atomic mass is 9.87. The Kier molecular flexibility index (Phi) is 11.2. The summed E-state index contributed by atoms with van der Waals surface area (Å²) in [6, 6.07) is 12.1. The Morgan fingerprint density at radius 1 is 1.13 bits per heavy atom. The number of nitrogens with zero attached hydrogens (tertiary/aromatic N) is 1. The van der Waals surface area contributed by atoms with Crippen LogP contribution in [0, 0.1) is 9.39 Å². The summed E-state index contributed by atoms with van der Waals surface area (Å²) in [7, 11) is 0. The predicted molar refractivity (Wildman–Crippen MR) is 148 cm³/mol. The molecule has 0 fully saturated rings. The highest BCUT2D eigenvalue weighted by Gasteiger charge is 2.40. The lowest BCUT2D eigenvalue weighted by Gasteiger charge is -2.40. The second kappa shape index (κ2) is 14.4. The Morgan fingerprint density at radius 3 is 2.50 bits per heavy atom.